The van der Waals surface area contributed by atoms with Crippen LogP contribution in [-0.4, -0.2) is 29.6 Å². The molecule has 1 aliphatic rings. The van der Waals surface area contributed by atoms with E-state index in [2.05, 4.69) is 21.2 Å². The zero-order valence-corrected chi connectivity index (χ0v) is 20.1. The number of benzene rings is 1. The van der Waals surface area contributed by atoms with Crippen LogP contribution in [0.2, 0.25) is 0 Å². The molecular weight excluding hydrogens is 478 g/mol. The summed E-state index contributed by atoms with van der Waals surface area (Å²) in [6.45, 7) is 1.96. The van der Waals surface area contributed by atoms with Crippen molar-refractivity contribution in [1.29, 1.82) is 0 Å². The number of halogens is 1. The smallest absolute Gasteiger partial charge is 0.309 e. The zero-order valence-electron chi connectivity index (χ0n) is 17.7. The van der Waals surface area contributed by atoms with E-state index < -0.39 is 10.1 Å². The first-order chi connectivity index (χ1) is 15.0. The van der Waals surface area contributed by atoms with Gasteiger partial charge >= 0.3 is 10.1 Å². The molecule has 0 saturated heterocycles. The van der Waals surface area contributed by atoms with E-state index in [1.807, 2.05) is 41.8 Å². The molecule has 1 aliphatic carbocycles. The first-order valence-electron chi connectivity index (χ1n) is 10.9. The highest BCUT2D eigenvalue weighted by Gasteiger charge is 2.23. The predicted molar refractivity (Wildman–Crippen MR) is 128 cm³/mol. The van der Waals surface area contributed by atoms with Gasteiger partial charge in [-0.25, -0.2) is 4.98 Å². The van der Waals surface area contributed by atoms with Crippen LogP contribution in [-0.2, 0) is 10.1 Å². The van der Waals surface area contributed by atoms with Crippen molar-refractivity contribution < 1.29 is 12.6 Å². The number of nitrogens with one attached hydrogen (secondary N) is 1. The average molecular weight is 506 g/mol. The number of para-hydroxylation sites is 1. The molecule has 8 heteroatoms. The van der Waals surface area contributed by atoms with E-state index in [0.29, 0.717) is 29.5 Å². The van der Waals surface area contributed by atoms with Gasteiger partial charge in [-0.15, -0.1) is 0 Å². The molecule has 31 heavy (non-hydrogen) atoms. The SMILES string of the molecule is CCCCS(=O)(=O)Oc1ccccc1-c1nc2ccc(Br)cn2c1NC1CCCCC1. The predicted octanol–water partition coefficient (Wildman–Crippen LogP) is 6.02. The van der Waals surface area contributed by atoms with Crippen LogP contribution < -0.4 is 9.50 Å². The molecule has 4 rings (SSSR count). The van der Waals surface area contributed by atoms with Crippen molar-refractivity contribution >= 4 is 37.5 Å². The van der Waals surface area contributed by atoms with Gasteiger partial charge in [-0.1, -0.05) is 44.7 Å². The molecule has 0 amide bonds. The number of hydrogen-bond acceptors (Lipinski definition) is 5. The fourth-order valence-corrected chi connectivity index (χ4v) is 5.50. The van der Waals surface area contributed by atoms with Crippen molar-refractivity contribution in [3.63, 3.8) is 0 Å². The van der Waals surface area contributed by atoms with Gasteiger partial charge in [-0.2, -0.15) is 8.42 Å². The molecule has 1 aromatic carbocycles. The lowest BCUT2D eigenvalue weighted by Gasteiger charge is -2.24. The minimum atomic E-state index is -3.67. The molecule has 2 aromatic heterocycles. The molecule has 0 atom stereocenters. The molecule has 1 N–H and O–H groups in total. The van der Waals surface area contributed by atoms with Crippen LogP contribution in [0.4, 0.5) is 5.82 Å². The molecule has 0 bridgehead atoms. The van der Waals surface area contributed by atoms with Crippen LogP contribution in [0.5, 0.6) is 5.75 Å². The first kappa shape index (κ1) is 22.1. The third kappa shape index (κ3) is 5.23. The second kappa shape index (κ2) is 9.61. The molecule has 1 saturated carbocycles. The lowest BCUT2D eigenvalue weighted by atomic mass is 9.95. The Kier molecular flexibility index (Phi) is 6.86. The van der Waals surface area contributed by atoms with E-state index in [0.717, 1.165) is 35.2 Å². The minimum absolute atomic E-state index is 0.00310. The molecule has 2 heterocycles. The van der Waals surface area contributed by atoms with Gasteiger partial charge < -0.3 is 9.50 Å². The van der Waals surface area contributed by atoms with Gasteiger partial charge in [-0.3, -0.25) is 4.40 Å². The Morgan fingerprint density at radius 1 is 1.16 bits per heavy atom. The highest BCUT2D eigenvalue weighted by atomic mass is 79.9. The van der Waals surface area contributed by atoms with Crippen LogP contribution in [0.25, 0.3) is 16.9 Å². The number of imidazole rings is 1. The molecule has 0 aliphatic heterocycles. The monoisotopic (exact) mass is 505 g/mol. The highest BCUT2D eigenvalue weighted by molar-refractivity contribution is 9.10. The number of anilines is 1. The van der Waals surface area contributed by atoms with Crippen LogP contribution in [0, 0.1) is 0 Å². The van der Waals surface area contributed by atoms with Crippen molar-refractivity contribution in [2.24, 2.45) is 0 Å². The van der Waals surface area contributed by atoms with Gasteiger partial charge in [0.05, 0.1) is 5.75 Å². The number of rotatable bonds is 8. The lowest BCUT2D eigenvalue weighted by molar-refractivity contribution is 0.461. The Morgan fingerprint density at radius 2 is 1.94 bits per heavy atom. The Bertz CT molecular complexity index is 1150. The van der Waals surface area contributed by atoms with E-state index in [9.17, 15) is 8.42 Å². The number of aromatic nitrogens is 2. The molecule has 0 spiro atoms. The van der Waals surface area contributed by atoms with Gasteiger partial charge in [0.15, 0.2) is 5.75 Å². The van der Waals surface area contributed by atoms with E-state index in [4.69, 9.17) is 9.17 Å². The summed E-state index contributed by atoms with van der Waals surface area (Å²) < 4.78 is 33.5. The summed E-state index contributed by atoms with van der Waals surface area (Å²) in [5, 5.41) is 3.70. The lowest BCUT2D eigenvalue weighted by Crippen LogP contribution is -2.23. The molecule has 3 aromatic rings. The van der Waals surface area contributed by atoms with E-state index in [1.165, 1.54) is 19.3 Å². The summed E-state index contributed by atoms with van der Waals surface area (Å²) in [5.74, 6) is 1.18. The first-order valence-corrected chi connectivity index (χ1v) is 13.3. The van der Waals surface area contributed by atoms with Crippen LogP contribution >= 0.6 is 15.9 Å². The Hall–Kier alpha value is -2.06. The third-order valence-corrected chi connectivity index (χ3v) is 7.33. The van der Waals surface area contributed by atoms with Crippen molar-refractivity contribution in [3.05, 3.63) is 47.1 Å². The molecule has 0 unspecified atom stereocenters. The summed E-state index contributed by atoms with van der Waals surface area (Å²) in [6, 6.07) is 11.5. The maximum Gasteiger partial charge on any atom is 0.309 e. The fraction of sp³-hybridized carbons (Fsp3) is 0.435. The Balaban J connectivity index is 1.78. The van der Waals surface area contributed by atoms with Crippen molar-refractivity contribution in [2.75, 3.05) is 11.1 Å². The maximum atomic E-state index is 12.5. The highest BCUT2D eigenvalue weighted by Crippen LogP contribution is 2.37. The van der Waals surface area contributed by atoms with Crippen molar-refractivity contribution in [1.82, 2.24) is 9.38 Å². The second-order valence-corrected chi connectivity index (χ2v) is 10.7. The van der Waals surface area contributed by atoms with Gasteiger partial charge in [0, 0.05) is 22.3 Å². The van der Waals surface area contributed by atoms with Crippen LogP contribution in [0.15, 0.2) is 47.1 Å². The van der Waals surface area contributed by atoms with Crippen LogP contribution in [0.3, 0.4) is 0 Å². The van der Waals surface area contributed by atoms with E-state index >= 15 is 0 Å². The second-order valence-electron chi connectivity index (χ2n) is 8.06. The fourth-order valence-electron chi connectivity index (χ4n) is 4.02. The standard InChI is InChI=1S/C23H28BrN3O3S/c1-2-3-15-31(28,29)30-20-12-8-7-11-19(20)22-23(25-18-9-5-4-6-10-18)27-16-17(24)13-14-21(27)26-22/h7-8,11-14,16,18,25H,2-6,9-10,15H2,1H3. The summed E-state index contributed by atoms with van der Waals surface area (Å²) >= 11 is 3.56. The third-order valence-electron chi connectivity index (χ3n) is 5.64. The number of nitrogens with zero attached hydrogens (tertiary/aromatic N) is 2. The van der Waals surface area contributed by atoms with Gasteiger partial charge in [0.2, 0.25) is 0 Å². The molecule has 1 fully saturated rings. The Labute approximate surface area is 192 Å². The average Bonchev–Trinajstić information content (AvgIpc) is 3.10. The largest absolute Gasteiger partial charge is 0.382 e. The summed E-state index contributed by atoms with van der Waals surface area (Å²) in [5.41, 5.74) is 2.16. The topological polar surface area (TPSA) is 72.7 Å². The quantitative estimate of drug-likeness (QED) is 0.379. The molecule has 0 radical (unpaired) electrons. The van der Waals surface area contributed by atoms with Gasteiger partial charge in [0.1, 0.15) is 17.2 Å². The van der Waals surface area contributed by atoms with Gasteiger partial charge in [-0.05, 0) is 59.5 Å². The number of fused-ring (bicyclic) bond motifs is 1. The van der Waals surface area contributed by atoms with Crippen LogP contribution in [0.1, 0.15) is 51.9 Å². The van der Waals surface area contributed by atoms with E-state index in [1.54, 1.807) is 12.1 Å². The summed E-state index contributed by atoms with van der Waals surface area (Å²) in [4.78, 5) is 4.85. The number of unbranched alkanes of at least 4 members (excludes halogenated alkanes) is 1. The molecule has 6 nitrogen and oxygen atoms in total. The normalized spacial score (nSPS) is 15.3. The number of hydrogen-bond donors (Lipinski definition) is 1. The minimum Gasteiger partial charge on any atom is -0.382 e. The Morgan fingerprint density at radius 3 is 2.71 bits per heavy atom. The molecular formula is C23H28BrN3O3S. The summed E-state index contributed by atoms with van der Waals surface area (Å²) in [6.07, 6.45) is 9.27. The number of pyridine rings is 1. The zero-order chi connectivity index (χ0) is 21.8. The van der Waals surface area contributed by atoms with E-state index in [-0.39, 0.29) is 5.75 Å². The molecule has 166 valence electrons. The van der Waals surface area contributed by atoms with Gasteiger partial charge in [0.25, 0.3) is 0 Å². The van der Waals surface area contributed by atoms with Crippen molar-refractivity contribution in [3.8, 4) is 17.0 Å². The maximum absolute atomic E-state index is 12.5. The summed E-state index contributed by atoms with van der Waals surface area (Å²) in [7, 11) is -3.67. The van der Waals surface area contributed by atoms with Crippen molar-refractivity contribution in [2.45, 2.75) is 57.9 Å².